The zero-order valence-electron chi connectivity index (χ0n) is 14.7. The minimum atomic E-state index is -3.75. The van der Waals surface area contributed by atoms with Gasteiger partial charge in [0, 0.05) is 5.41 Å². The van der Waals surface area contributed by atoms with E-state index in [0.29, 0.717) is 5.13 Å². The first-order valence-electron chi connectivity index (χ1n) is 8.00. The number of nitrogens with zero attached hydrogens (tertiary/aromatic N) is 2. The molecule has 136 valence electrons. The summed E-state index contributed by atoms with van der Waals surface area (Å²) in [5, 5.41) is 13.3. The number of anilines is 1. The quantitative estimate of drug-likeness (QED) is 0.739. The van der Waals surface area contributed by atoms with E-state index in [1.807, 2.05) is 45.0 Å². The maximum Gasteiger partial charge on any atom is 0.241 e. The number of amides is 1. The molecule has 1 amide bonds. The topological polar surface area (TPSA) is 89.0 Å². The molecule has 0 aliphatic heterocycles. The van der Waals surface area contributed by atoms with Crippen LogP contribution in [-0.4, -0.2) is 30.3 Å². The molecule has 1 N–H and O–H groups in total. The van der Waals surface area contributed by atoms with Crippen LogP contribution in [0, 0.1) is 0 Å². The molecular weight excluding hydrogens is 370 g/mol. The predicted octanol–water partition coefficient (Wildman–Crippen LogP) is 3.40. The van der Waals surface area contributed by atoms with Gasteiger partial charge in [-0.2, -0.15) is 0 Å². The van der Waals surface area contributed by atoms with Crippen molar-refractivity contribution in [3.05, 3.63) is 47.5 Å². The predicted molar refractivity (Wildman–Crippen MR) is 103 cm³/mol. The number of nitrogens with one attached hydrogen (secondary N) is 1. The molecule has 0 bridgehead atoms. The molecule has 0 saturated carbocycles. The summed E-state index contributed by atoms with van der Waals surface area (Å²) in [6.45, 7) is 5.97. The molecular formula is C18H19N3O3S2. The van der Waals surface area contributed by atoms with Crippen molar-refractivity contribution in [3.63, 3.8) is 0 Å². The molecule has 1 aromatic heterocycles. The molecule has 0 spiro atoms. The minimum absolute atomic E-state index is 0.124. The monoisotopic (exact) mass is 389 g/mol. The largest absolute Gasteiger partial charge is 0.300 e. The zero-order chi connectivity index (χ0) is 18.9. The Morgan fingerprint density at radius 3 is 2.42 bits per heavy atom. The fraction of sp³-hybridized carbons (Fsp3) is 0.278. The van der Waals surface area contributed by atoms with E-state index in [4.69, 9.17) is 0 Å². The summed E-state index contributed by atoms with van der Waals surface area (Å²) in [7, 11) is -3.75. The summed E-state index contributed by atoms with van der Waals surface area (Å²) in [6, 6.07) is 12.3. The summed E-state index contributed by atoms with van der Waals surface area (Å²) in [5.41, 5.74) is -0.183. The zero-order valence-corrected chi connectivity index (χ0v) is 16.3. The molecule has 1 heterocycles. The molecule has 3 aromatic rings. The van der Waals surface area contributed by atoms with Gasteiger partial charge in [0.25, 0.3) is 0 Å². The first-order chi connectivity index (χ1) is 12.1. The van der Waals surface area contributed by atoms with Crippen LogP contribution in [0.1, 0.15) is 25.8 Å². The Bertz CT molecular complexity index is 1070. The van der Waals surface area contributed by atoms with Gasteiger partial charge in [-0.25, -0.2) is 8.42 Å². The van der Waals surface area contributed by atoms with Crippen molar-refractivity contribution in [3.8, 4) is 0 Å². The molecule has 8 heteroatoms. The summed E-state index contributed by atoms with van der Waals surface area (Å²) < 4.78 is 25.1. The van der Waals surface area contributed by atoms with Gasteiger partial charge in [0.05, 0.1) is 4.90 Å². The highest BCUT2D eigenvalue weighted by Crippen LogP contribution is 2.27. The van der Waals surface area contributed by atoms with Crippen LogP contribution in [0.5, 0.6) is 0 Å². The molecule has 26 heavy (non-hydrogen) atoms. The normalized spacial score (nSPS) is 12.3. The van der Waals surface area contributed by atoms with E-state index in [2.05, 4.69) is 15.5 Å². The summed E-state index contributed by atoms with van der Waals surface area (Å²) in [4.78, 5) is 12.3. The van der Waals surface area contributed by atoms with Gasteiger partial charge in [0.2, 0.25) is 11.0 Å². The van der Waals surface area contributed by atoms with E-state index in [9.17, 15) is 13.2 Å². The Morgan fingerprint density at radius 2 is 1.77 bits per heavy atom. The highest BCUT2D eigenvalue weighted by Gasteiger charge is 2.23. The number of sulfone groups is 1. The van der Waals surface area contributed by atoms with Crippen molar-refractivity contribution < 1.29 is 13.2 Å². The number of carbonyl (C=O) groups excluding carboxylic acids is 1. The van der Waals surface area contributed by atoms with E-state index in [1.54, 1.807) is 12.1 Å². The van der Waals surface area contributed by atoms with Crippen molar-refractivity contribution in [1.82, 2.24) is 10.2 Å². The summed E-state index contributed by atoms with van der Waals surface area (Å²) >= 11 is 1.24. The smallest absolute Gasteiger partial charge is 0.241 e. The first-order valence-corrected chi connectivity index (χ1v) is 10.5. The van der Waals surface area contributed by atoms with E-state index in [1.165, 1.54) is 17.4 Å². The van der Waals surface area contributed by atoms with E-state index in [-0.39, 0.29) is 10.3 Å². The van der Waals surface area contributed by atoms with Crippen LogP contribution < -0.4 is 5.32 Å². The fourth-order valence-electron chi connectivity index (χ4n) is 2.35. The number of carbonyl (C=O) groups is 1. The molecule has 0 atom stereocenters. The van der Waals surface area contributed by atoms with Gasteiger partial charge in [-0.05, 0) is 22.9 Å². The van der Waals surface area contributed by atoms with Crippen molar-refractivity contribution in [2.24, 2.45) is 0 Å². The van der Waals surface area contributed by atoms with Crippen LogP contribution in [0.15, 0.2) is 47.4 Å². The van der Waals surface area contributed by atoms with Crippen LogP contribution in [0.2, 0.25) is 0 Å². The molecule has 2 aromatic carbocycles. The van der Waals surface area contributed by atoms with Gasteiger partial charge in [-0.3, -0.25) is 10.1 Å². The van der Waals surface area contributed by atoms with Crippen LogP contribution >= 0.6 is 11.3 Å². The van der Waals surface area contributed by atoms with E-state index >= 15 is 0 Å². The first kappa shape index (κ1) is 18.5. The lowest BCUT2D eigenvalue weighted by molar-refractivity contribution is -0.113. The molecule has 0 aliphatic carbocycles. The second-order valence-corrected chi connectivity index (χ2v) is 9.95. The molecule has 0 radical (unpaired) electrons. The number of fused-ring (bicyclic) bond motifs is 1. The molecule has 3 rings (SSSR count). The molecule has 0 fully saturated rings. The average molecular weight is 390 g/mol. The molecule has 0 aliphatic rings. The van der Waals surface area contributed by atoms with E-state index in [0.717, 1.165) is 15.8 Å². The molecule has 0 unspecified atom stereocenters. The van der Waals surface area contributed by atoms with Gasteiger partial charge in [0.15, 0.2) is 9.84 Å². The number of hydrogen-bond acceptors (Lipinski definition) is 6. The van der Waals surface area contributed by atoms with Crippen molar-refractivity contribution in [2.75, 3.05) is 11.1 Å². The van der Waals surface area contributed by atoms with Crippen molar-refractivity contribution in [2.45, 2.75) is 31.1 Å². The number of hydrogen-bond donors (Lipinski definition) is 1. The third kappa shape index (κ3) is 4.08. The highest BCUT2D eigenvalue weighted by atomic mass is 32.2. The average Bonchev–Trinajstić information content (AvgIpc) is 3.02. The van der Waals surface area contributed by atoms with Crippen LogP contribution in [0.3, 0.4) is 0 Å². The van der Waals surface area contributed by atoms with Crippen LogP contribution in [-0.2, 0) is 20.0 Å². The Kier molecular flexibility index (Phi) is 4.81. The maximum atomic E-state index is 12.5. The standard InChI is InChI=1S/C18H19N3O3S2/c1-18(2,3)16-20-21-17(25-16)19-15(22)11-26(23,24)14-9-8-12-6-4-5-7-13(12)10-14/h4-10H,11H2,1-3H3,(H,19,21,22). The van der Waals surface area contributed by atoms with Gasteiger partial charge in [-0.1, -0.05) is 62.4 Å². The van der Waals surface area contributed by atoms with Gasteiger partial charge in [-0.15, -0.1) is 10.2 Å². The van der Waals surface area contributed by atoms with Crippen molar-refractivity contribution >= 4 is 43.0 Å². The Labute approximate surface area is 156 Å². The Hall–Kier alpha value is -2.32. The lowest BCUT2D eigenvalue weighted by Crippen LogP contribution is -2.23. The molecule has 6 nitrogen and oxygen atoms in total. The summed E-state index contributed by atoms with van der Waals surface area (Å²) in [6.07, 6.45) is 0. The Morgan fingerprint density at radius 1 is 1.08 bits per heavy atom. The van der Waals surface area contributed by atoms with Crippen molar-refractivity contribution in [1.29, 1.82) is 0 Å². The van der Waals surface area contributed by atoms with Crippen LogP contribution in [0.25, 0.3) is 10.8 Å². The second kappa shape index (κ2) is 6.77. The lowest BCUT2D eigenvalue weighted by atomic mass is 9.98. The van der Waals surface area contributed by atoms with Gasteiger partial charge in [0.1, 0.15) is 10.8 Å². The Balaban J connectivity index is 1.75. The minimum Gasteiger partial charge on any atom is -0.300 e. The summed E-state index contributed by atoms with van der Waals surface area (Å²) in [5.74, 6) is -1.27. The second-order valence-electron chi connectivity index (χ2n) is 6.98. The van der Waals surface area contributed by atoms with Gasteiger partial charge >= 0.3 is 0 Å². The van der Waals surface area contributed by atoms with Gasteiger partial charge < -0.3 is 0 Å². The molecule has 0 saturated heterocycles. The van der Waals surface area contributed by atoms with Crippen LogP contribution in [0.4, 0.5) is 5.13 Å². The van der Waals surface area contributed by atoms with E-state index < -0.39 is 21.5 Å². The highest BCUT2D eigenvalue weighted by molar-refractivity contribution is 7.92. The number of rotatable bonds is 4. The lowest BCUT2D eigenvalue weighted by Gasteiger charge is -2.12. The third-order valence-corrected chi connectivity index (χ3v) is 6.59. The number of aromatic nitrogens is 2. The maximum absolute atomic E-state index is 12.5. The third-order valence-electron chi connectivity index (χ3n) is 3.71. The SMILES string of the molecule is CC(C)(C)c1nnc(NC(=O)CS(=O)(=O)c2ccc3ccccc3c2)s1. The number of benzene rings is 2. The fourth-order valence-corrected chi connectivity index (χ4v) is 4.33.